The normalized spacial score (nSPS) is 18.8. The lowest BCUT2D eigenvalue weighted by molar-refractivity contribution is -0.138. The van der Waals surface area contributed by atoms with Gasteiger partial charge in [-0.1, -0.05) is 29.3 Å². The summed E-state index contributed by atoms with van der Waals surface area (Å²) in [4.78, 5) is 14.2. The molecule has 0 spiro atoms. The quantitative estimate of drug-likeness (QED) is 0.832. The molecule has 0 saturated carbocycles. The zero-order chi connectivity index (χ0) is 15.2. The maximum atomic E-state index is 12.3. The molecule has 1 aliphatic heterocycles. The van der Waals surface area contributed by atoms with Crippen molar-refractivity contribution in [1.29, 1.82) is 0 Å². The number of hydrogen-bond donors (Lipinski definition) is 0. The summed E-state index contributed by atoms with van der Waals surface area (Å²) in [6.45, 7) is 2.45. The molecule has 0 aromatic heterocycles. The molecule has 1 heterocycles. The van der Waals surface area contributed by atoms with E-state index in [0.29, 0.717) is 42.8 Å². The van der Waals surface area contributed by atoms with Crippen molar-refractivity contribution in [2.45, 2.75) is 18.9 Å². The van der Waals surface area contributed by atoms with Crippen LogP contribution in [-0.2, 0) is 20.7 Å². The summed E-state index contributed by atoms with van der Waals surface area (Å²) < 4.78 is 10.7. The molecule has 6 heteroatoms. The van der Waals surface area contributed by atoms with E-state index in [1.165, 1.54) is 0 Å². The van der Waals surface area contributed by atoms with E-state index in [-0.39, 0.29) is 12.0 Å². The zero-order valence-corrected chi connectivity index (χ0v) is 13.5. The molecule has 1 aromatic rings. The van der Waals surface area contributed by atoms with Crippen molar-refractivity contribution in [2.75, 3.05) is 33.4 Å². The summed E-state index contributed by atoms with van der Waals surface area (Å²) in [5.74, 6) is 0.0825. The summed E-state index contributed by atoms with van der Waals surface area (Å²) in [6, 6.07) is 5.28. The lowest BCUT2D eigenvalue weighted by Crippen LogP contribution is -2.46. The average Bonchev–Trinajstić information content (AvgIpc) is 2.49. The predicted octanol–water partition coefficient (Wildman–Crippen LogP) is 2.80. The van der Waals surface area contributed by atoms with Gasteiger partial charge in [0.2, 0.25) is 5.91 Å². The molecule has 0 N–H and O–H groups in total. The summed E-state index contributed by atoms with van der Waals surface area (Å²) in [6.07, 6.45) is 1.18. The second kappa shape index (κ2) is 7.99. The number of benzene rings is 1. The molecule has 116 valence electrons. The van der Waals surface area contributed by atoms with Crippen molar-refractivity contribution < 1.29 is 14.3 Å². The molecule has 4 nitrogen and oxygen atoms in total. The van der Waals surface area contributed by atoms with Crippen molar-refractivity contribution in [2.24, 2.45) is 0 Å². The third-order valence-electron chi connectivity index (χ3n) is 3.47. The molecule has 2 rings (SSSR count). The van der Waals surface area contributed by atoms with E-state index in [9.17, 15) is 4.79 Å². The van der Waals surface area contributed by atoms with Gasteiger partial charge < -0.3 is 14.4 Å². The first kappa shape index (κ1) is 16.6. The number of ether oxygens (including phenoxy) is 2. The van der Waals surface area contributed by atoms with Crippen LogP contribution in [0, 0.1) is 0 Å². The highest BCUT2D eigenvalue weighted by Gasteiger charge is 2.24. The minimum absolute atomic E-state index is 0.0523. The van der Waals surface area contributed by atoms with Crippen LogP contribution in [0.4, 0.5) is 0 Å². The Balaban J connectivity index is 1.91. The van der Waals surface area contributed by atoms with Crippen molar-refractivity contribution in [3.63, 3.8) is 0 Å². The molecule has 1 saturated heterocycles. The summed E-state index contributed by atoms with van der Waals surface area (Å²) in [5, 5.41) is 0.973. The number of hydrogen-bond acceptors (Lipinski definition) is 3. The van der Waals surface area contributed by atoms with Gasteiger partial charge in [0, 0.05) is 26.8 Å². The van der Waals surface area contributed by atoms with Crippen LogP contribution in [0.15, 0.2) is 18.2 Å². The first-order valence-corrected chi connectivity index (χ1v) is 7.68. The SMILES string of the molecule is COCCC1CN(C(=O)Cc2ccc(Cl)c(Cl)c2)CCO1. The Morgan fingerprint density at radius 3 is 2.95 bits per heavy atom. The summed E-state index contributed by atoms with van der Waals surface area (Å²) >= 11 is 11.9. The highest BCUT2D eigenvalue weighted by molar-refractivity contribution is 6.42. The van der Waals surface area contributed by atoms with Gasteiger partial charge >= 0.3 is 0 Å². The van der Waals surface area contributed by atoms with Gasteiger partial charge in [0.05, 0.1) is 29.2 Å². The van der Waals surface area contributed by atoms with E-state index in [1.54, 1.807) is 19.2 Å². The molecule has 21 heavy (non-hydrogen) atoms. The number of amides is 1. The standard InChI is InChI=1S/C15H19Cl2NO3/c1-20-6-4-12-10-18(5-7-21-12)15(19)9-11-2-3-13(16)14(17)8-11/h2-3,8,12H,4-7,9-10H2,1H3. The van der Waals surface area contributed by atoms with Gasteiger partial charge in [-0.15, -0.1) is 0 Å². The Morgan fingerprint density at radius 2 is 2.24 bits per heavy atom. The van der Waals surface area contributed by atoms with Gasteiger partial charge in [-0.2, -0.15) is 0 Å². The monoisotopic (exact) mass is 331 g/mol. The van der Waals surface area contributed by atoms with Gasteiger partial charge in [-0.05, 0) is 24.1 Å². The van der Waals surface area contributed by atoms with Crippen LogP contribution in [-0.4, -0.2) is 50.3 Å². The van der Waals surface area contributed by atoms with Crippen molar-refractivity contribution in [3.8, 4) is 0 Å². The first-order valence-electron chi connectivity index (χ1n) is 6.92. The number of morpholine rings is 1. The first-order chi connectivity index (χ1) is 10.1. The fourth-order valence-corrected chi connectivity index (χ4v) is 2.63. The van der Waals surface area contributed by atoms with Gasteiger partial charge in [-0.25, -0.2) is 0 Å². The van der Waals surface area contributed by atoms with Crippen LogP contribution >= 0.6 is 23.2 Å². The third kappa shape index (κ3) is 4.85. The van der Waals surface area contributed by atoms with Gasteiger partial charge in [0.15, 0.2) is 0 Å². The molecular formula is C15H19Cl2NO3. The topological polar surface area (TPSA) is 38.8 Å². The third-order valence-corrected chi connectivity index (χ3v) is 4.21. The van der Waals surface area contributed by atoms with Gasteiger partial charge in [0.1, 0.15) is 0 Å². The molecule has 0 radical (unpaired) electrons. The summed E-state index contributed by atoms with van der Waals surface area (Å²) in [5.41, 5.74) is 0.870. The Morgan fingerprint density at radius 1 is 1.43 bits per heavy atom. The molecule has 1 amide bonds. The molecule has 1 aromatic carbocycles. The molecule has 1 aliphatic rings. The lowest BCUT2D eigenvalue weighted by Gasteiger charge is -2.33. The van der Waals surface area contributed by atoms with Crippen LogP contribution in [0.5, 0.6) is 0 Å². The Hall–Kier alpha value is -0.810. The fourth-order valence-electron chi connectivity index (χ4n) is 2.31. The Labute approximate surface area is 134 Å². The molecule has 1 atom stereocenters. The highest BCUT2D eigenvalue weighted by Crippen LogP contribution is 2.23. The maximum absolute atomic E-state index is 12.3. The number of carbonyl (C=O) groups is 1. The largest absolute Gasteiger partial charge is 0.385 e. The van der Waals surface area contributed by atoms with Crippen LogP contribution in [0.3, 0.4) is 0 Å². The highest BCUT2D eigenvalue weighted by atomic mass is 35.5. The number of carbonyl (C=O) groups excluding carboxylic acids is 1. The fraction of sp³-hybridized carbons (Fsp3) is 0.533. The van der Waals surface area contributed by atoms with Gasteiger partial charge in [-0.3, -0.25) is 4.79 Å². The second-order valence-electron chi connectivity index (χ2n) is 5.04. The minimum atomic E-state index is 0.0523. The number of nitrogens with zero attached hydrogens (tertiary/aromatic N) is 1. The second-order valence-corrected chi connectivity index (χ2v) is 5.85. The Bertz CT molecular complexity index is 496. The van der Waals surface area contributed by atoms with E-state index < -0.39 is 0 Å². The van der Waals surface area contributed by atoms with E-state index in [4.69, 9.17) is 32.7 Å². The van der Waals surface area contributed by atoms with E-state index in [1.807, 2.05) is 11.0 Å². The number of rotatable bonds is 5. The van der Waals surface area contributed by atoms with Crippen molar-refractivity contribution in [3.05, 3.63) is 33.8 Å². The molecule has 0 bridgehead atoms. The number of halogens is 2. The summed E-state index contributed by atoms with van der Waals surface area (Å²) in [7, 11) is 1.66. The van der Waals surface area contributed by atoms with Crippen LogP contribution in [0.1, 0.15) is 12.0 Å². The lowest BCUT2D eigenvalue weighted by atomic mass is 10.1. The van der Waals surface area contributed by atoms with Crippen LogP contribution in [0.25, 0.3) is 0 Å². The smallest absolute Gasteiger partial charge is 0.227 e. The predicted molar refractivity (Wildman–Crippen MR) is 83.0 cm³/mol. The molecule has 0 aliphatic carbocycles. The molecule has 1 fully saturated rings. The molecule has 1 unspecified atom stereocenters. The van der Waals surface area contributed by atoms with E-state index in [0.717, 1.165) is 12.0 Å². The Kier molecular flexibility index (Phi) is 6.30. The average molecular weight is 332 g/mol. The van der Waals surface area contributed by atoms with Gasteiger partial charge in [0.25, 0.3) is 0 Å². The van der Waals surface area contributed by atoms with E-state index >= 15 is 0 Å². The van der Waals surface area contributed by atoms with Crippen LogP contribution in [0.2, 0.25) is 10.0 Å². The van der Waals surface area contributed by atoms with Crippen LogP contribution < -0.4 is 0 Å². The number of methoxy groups -OCH3 is 1. The van der Waals surface area contributed by atoms with E-state index in [2.05, 4.69) is 0 Å². The maximum Gasteiger partial charge on any atom is 0.227 e. The van der Waals surface area contributed by atoms with Crippen molar-refractivity contribution >= 4 is 29.1 Å². The van der Waals surface area contributed by atoms with Crippen molar-refractivity contribution in [1.82, 2.24) is 4.90 Å². The minimum Gasteiger partial charge on any atom is -0.385 e. The molecular weight excluding hydrogens is 313 g/mol. The zero-order valence-electron chi connectivity index (χ0n) is 12.0.